The van der Waals surface area contributed by atoms with Crippen LogP contribution in [0.1, 0.15) is 12.5 Å². The highest BCUT2D eigenvalue weighted by atomic mass is 16.2. The van der Waals surface area contributed by atoms with Gasteiger partial charge in [-0.1, -0.05) is 12.1 Å². The molecule has 0 radical (unpaired) electrons. The van der Waals surface area contributed by atoms with Crippen LogP contribution in [0.25, 0.3) is 0 Å². The summed E-state index contributed by atoms with van der Waals surface area (Å²) in [4.78, 5) is 24.4. The van der Waals surface area contributed by atoms with Gasteiger partial charge in [0.05, 0.1) is 18.2 Å². The van der Waals surface area contributed by atoms with Crippen molar-refractivity contribution in [3.63, 3.8) is 0 Å². The zero-order chi connectivity index (χ0) is 12.4. The summed E-state index contributed by atoms with van der Waals surface area (Å²) in [5.74, 6) is -0.608. The van der Waals surface area contributed by atoms with E-state index < -0.39 is 0 Å². The minimum absolute atomic E-state index is 0.289. The van der Waals surface area contributed by atoms with Crippen LogP contribution in [0.5, 0.6) is 0 Å². The summed E-state index contributed by atoms with van der Waals surface area (Å²) in [7, 11) is 0. The van der Waals surface area contributed by atoms with Gasteiger partial charge in [0, 0.05) is 11.6 Å². The van der Waals surface area contributed by atoms with E-state index in [0.29, 0.717) is 17.7 Å². The molecule has 0 saturated heterocycles. The van der Waals surface area contributed by atoms with Crippen molar-refractivity contribution in [2.45, 2.75) is 13.3 Å². The molecule has 0 bridgehead atoms. The summed E-state index contributed by atoms with van der Waals surface area (Å²) in [5, 5.41) is 8.54. The molecule has 0 saturated carbocycles. The third-order valence-electron chi connectivity index (χ3n) is 2.58. The van der Waals surface area contributed by atoms with Gasteiger partial charge in [-0.3, -0.25) is 9.59 Å². The van der Waals surface area contributed by atoms with Crippen LogP contribution in [0.4, 0.5) is 5.69 Å². The molecular formula is C13H10N2O2. The SMILES string of the molecule is CC1=CC(=O)N(c2ccc(CC#N)cc2)C1=O. The number of imide groups is 1. The van der Waals surface area contributed by atoms with E-state index in [4.69, 9.17) is 5.26 Å². The highest BCUT2D eigenvalue weighted by Gasteiger charge is 2.29. The summed E-state index contributed by atoms with van der Waals surface area (Å²) in [6.07, 6.45) is 1.64. The van der Waals surface area contributed by atoms with Crippen molar-refractivity contribution in [1.29, 1.82) is 5.26 Å². The van der Waals surface area contributed by atoms with Gasteiger partial charge in [-0.15, -0.1) is 0 Å². The van der Waals surface area contributed by atoms with Crippen molar-refractivity contribution >= 4 is 17.5 Å². The lowest BCUT2D eigenvalue weighted by Gasteiger charge is -2.14. The van der Waals surface area contributed by atoms with Crippen LogP contribution in [0.2, 0.25) is 0 Å². The van der Waals surface area contributed by atoms with Crippen molar-refractivity contribution in [3.05, 3.63) is 41.5 Å². The summed E-state index contributed by atoms with van der Waals surface area (Å²) in [6, 6.07) is 8.88. The molecule has 0 atom stereocenters. The molecule has 0 N–H and O–H groups in total. The Balaban J connectivity index is 2.28. The molecule has 84 valence electrons. The molecule has 0 aliphatic carbocycles. The van der Waals surface area contributed by atoms with Gasteiger partial charge in [0.2, 0.25) is 0 Å². The Labute approximate surface area is 98.8 Å². The van der Waals surface area contributed by atoms with E-state index in [9.17, 15) is 9.59 Å². The predicted molar refractivity (Wildman–Crippen MR) is 62.0 cm³/mol. The maximum Gasteiger partial charge on any atom is 0.261 e. The number of carbonyl (C=O) groups excluding carboxylic acids is 2. The number of anilines is 1. The lowest BCUT2D eigenvalue weighted by molar-refractivity contribution is -0.120. The van der Waals surface area contributed by atoms with Gasteiger partial charge in [-0.05, 0) is 24.6 Å². The molecule has 0 aromatic heterocycles. The van der Waals surface area contributed by atoms with E-state index in [2.05, 4.69) is 0 Å². The van der Waals surface area contributed by atoms with Crippen molar-refractivity contribution in [2.24, 2.45) is 0 Å². The molecule has 17 heavy (non-hydrogen) atoms. The Bertz CT molecular complexity index is 550. The number of rotatable bonds is 2. The van der Waals surface area contributed by atoms with E-state index >= 15 is 0 Å². The highest BCUT2D eigenvalue weighted by molar-refractivity contribution is 6.30. The van der Waals surface area contributed by atoms with Crippen LogP contribution < -0.4 is 4.90 Å². The highest BCUT2D eigenvalue weighted by Crippen LogP contribution is 2.22. The largest absolute Gasteiger partial charge is 0.269 e. The number of benzene rings is 1. The second-order valence-electron chi connectivity index (χ2n) is 3.81. The molecule has 4 heteroatoms. The molecule has 1 aliphatic rings. The van der Waals surface area contributed by atoms with Crippen molar-refractivity contribution in [3.8, 4) is 6.07 Å². The van der Waals surface area contributed by atoms with E-state index in [1.165, 1.54) is 6.08 Å². The third kappa shape index (κ3) is 1.95. The fourth-order valence-corrected chi connectivity index (χ4v) is 1.69. The van der Waals surface area contributed by atoms with Gasteiger partial charge in [-0.2, -0.15) is 5.26 Å². The molecule has 0 fully saturated rings. The normalized spacial score (nSPS) is 14.8. The number of hydrogen-bond donors (Lipinski definition) is 0. The quantitative estimate of drug-likeness (QED) is 0.719. The molecule has 1 aromatic rings. The first-order valence-electron chi connectivity index (χ1n) is 5.16. The minimum atomic E-state index is -0.319. The monoisotopic (exact) mass is 226 g/mol. The lowest BCUT2D eigenvalue weighted by Crippen LogP contribution is -2.30. The minimum Gasteiger partial charge on any atom is -0.269 e. The van der Waals surface area contributed by atoms with Crippen LogP contribution in [0, 0.1) is 11.3 Å². The van der Waals surface area contributed by atoms with Gasteiger partial charge in [0.15, 0.2) is 0 Å². The van der Waals surface area contributed by atoms with Gasteiger partial charge >= 0.3 is 0 Å². The van der Waals surface area contributed by atoms with Gasteiger partial charge in [0.1, 0.15) is 0 Å². The zero-order valence-electron chi connectivity index (χ0n) is 9.30. The molecule has 4 nitrogen and oxygen atoms in total. The first-order chi connectivity index (χ1) is 8.13. The molecule has 1 heterocycles. The maximum absolute atomic E-state index is 11.7. The fraction of sp³-hybridized carbons (Fsp3) is 0.154. The van der Waals surface area contributed by atoms with E-state index in [-0.39, 0.29) is 11.8 Å². The molecule has 2 rings (SSSR count). The number of carbonyl (C=O) groups is 2. The van der Waals surface area contributed by atoms with Crippen LogP contribution in [-0.4, -0.2) is 11.8 Å². The lowest BCUT2D eigenvalue weighted by atomic mass is 10.1. The number of nitriles is 1. The molecule has 0 unspecified atom stereocenters. The van der Waals surface area contributed by atoms with Crippen LogP contribution >= 0.6 is 0 Å². The predicted octanol–water partition coefficient (Wildman–Crippen LogP) is 1.57. The Morgan fingerprint density at radius 3 is 2.35 bits per heavy atom. The zero-order valence-corrected chi connectivity index (χ0v) is 9.30. The van der Waals surface area contributed by atoms with Gasteiger partial charge in [0.25, 0.3) is 11.8 Å². The molecule has 1 aromatic carbocycles. The standard InChI is InChI=1S/C13H10N2O2/c1-9-8-12(16)15(13(9)17)11-4-2-10(3-5-11)6-7-14/h2-5,8H,6H2,1H3. The molecule has 2 amide bonds. The van der Waals surface area contributed by atoms with E-state index in [1.54, 1.807) is 31.2 Å². The first kappa shape index (κ1) is 11.1. The summed E-state index contributed by atoms with van der Waals surface area (Å²) in [6.45, 7) is 1.62. The van der Waals surface area contributed by atoms with Gasteiger partial charge < -0.3 is 0 Å². The fourth-order valence-electron chi connectivity index (χ4n) is 1.69. The third-order valence-corrected chi connectivity index (χ3v) is 2.58. The van der Waals surface area contributed by atoms with E-state index in [1.807, 2.05) is 6.07 Å². The van der Waals surface area contributed by atoms with Crippen molar-refractivity contribution < 1.29 is 9.59 Å². The van der Waals surface area contributed by atoms with Crippen LogP contribution in [0.15, 0.2) is 35.9 Å². The summed E-state index contributed by atoms with van der Waals surface area (Å²) >= 11 is 0. The smallest absolute Gasteiger partial charge is 0.261 e. The number of nitrogens with zero attached hydrogens (tertiary/aromatic N) is 2. The Kier molecular flexibility index (Phi) is 2.75. The number of amides is 2. The number of hydrogen-bond acceptors (Lipinski definition) is 3. The van der Waals surface area contributed by atoms with Crippen molar-refractivity contribution in [1.82, 2.24) is 0 Å². The first-order valence-corrected chi connectivity index (χ1v) is 5.16. The van der Waals surface area contributed by atoms with Gasteiger partial charge in [-0.25, -0.2) is 4.90 Å². The topological polar surface area (TPSA) is 61.2 Å². The summed E-state index contributed by atoms with van der Waals surface area (Å²) < 4.78 is 0. The van der Waals surface area contributed by atoms with Crippen LogP contribution in [-0.2, 0) is 16.0 Å². The van der Waals surface area contributed by atoms with Crippen LogP contribution in [0.3, 0.4) is 0 Å². The second-order valence-corrected chi connectivity index (χ2v) is 3.81. The van der Waals surface area contributed by atoms with Crippen molar-refractivity contribution in [2.75, 3.05) is 4.90 Å². The maximum atomic E-state index is 11.7. The Morgan fingerprint density at radius 2 is 1.88 bits per heavy atom. The molecule has 0 spiro atoms. The van der Waals surface area contributed by atoms with E-state index in [0.717, 1.165) is 10.5 Å². The Hall–Kier alpha value is -2.41. The molecular weight excluding hydrogens is 216 g/mol. The average molecular weight is 226 g/mol. The average Bonchev–Trinajstić information content (AvgIpc) is 2.55. The Morgan fingerprint density at radius 1 is 1.24 bits per heavy atom. The molecule has 1 aliphatic heterocycles. The second kappa shape index (κ2) is 4.22. The summed E-state index contributed by atoms with van der Waals surface area (Å²) in [5.41, 5.74) is 1.84.